The van der Waals surface area contributed by atoms with Crippen LogP contribution in [-0.2, 0) is 4.79 Å². The van der Waals surface area contributed by atoms with E-state index in [1.165, 1.54) is 0 Å². The number of amides is 1. The molecule has 0 saturated carbocycles. The van der Waals surface area contributed by atoms with Gasteiger partial charge in [-0.1, -0.05) is 0 Å². The van der Waals surface area contributed by atoms with Crippen LogP contribution < -0.4 is 10.1 Å². The first-order chi connectivity index (χ1) is 8.08. The summed E-state index contributed by atoms with van der Waals surface area (Å²) in [6.45, 7) is 2.93. The van der Waals surface area contributed by atoms with Gasteiger partial charge in [0.05, 0.1) is 19.3 Å². The number of likely N-dealkylation sites (N-methyl/N-ethyl adjacent to an activating group) is 1. The van der Waals surface area contributed by atoms with Crippen LogP contribution in [-0.4, -0.2) is 38.1 Å². The summed E-state index contributed by atoms with van der Waals surface area (Å²) in [5, 5.41) is 3.08. The predicted molar refractivity (Wildman–Crippen MR) is 72.5 cm³/mol. The minimum atomic E-state index is 0.0576. The number of methoxy groups -OCH3 is 1. The first kappa shape index (κ1) is 13.8. The molecule has 1 aromatic carbocycles. The zero-order chi connectivity index (χ0) is 12.8. The van der Waals surface area contributed by atoms with Gasteiger partial charge in [-0.2, -0.15) is 0 Å². The van der Waals surface area contributed by atoms with Crippen LogP contribution in [0.1, 0.15) is 6.92 Å². The van der Waals surface area contributed by atoms with E-state index in [0.717, 1.165) is 15.9 Å². The molecule has 0 unspecified atom stereocenters. The van der Waals surface area contributed by atoms with E-state index < -0.39 is 0 Å². The third-order valence-corrected chi connectivity index (χ3v) is 3.20. The lowest BCUT2D eigenvalue weighted by molar-refractivity contribution is -0.127. The highest BCUT2D eigenvalue weighted by molar-refractivity contribution is 9.10. The number of anilines is 1. The van der Waals surface area contributed by atoms with E-state index >= 15 is 0 Å². The number of carbonyl (C=O) groups excluding carboxylic acids is 1. The van der Waals surface area contributed by atoms with Crippen LogP contribution in [0.5, 0.6) is 5.75 Å². The molecule has 0 fully saturated rings. The third-order valence-electron chi connectivity index (χ3n) is 2.50. The first-order valence-corrected chi connectivity index (χ1v) is 6.19. The number of ether oxygens (including phenoxy) is 1. The number of halogens is 1. The Balaban J connectivity index is 2.65. The Labute approximate surface area is 110 Å². The van der Waals surface area contributed by atoms with Crippen molar-refractivity contribution in [3.05, 3.63) is 22.7 Å². The molecule has 0 aromatic heterocycles. The molecule has 1 N–H and O–H groups in total. The maximum absolute atomic E-state index is 11.6. The van der Waals surface area contributed by atoms with Crippen molar-refractivity contribution in [1.29, 1.82) is 0 Å². The van der Waals surface area contributed by atoms with Crippen LogP contribution in [0.3, 0.4) is 0 Å². The van der Waals surface area contributed by atoms with Crippen LogP contribution in [0, 0.1) is 0 Å². The van der Waals surface area contributed by atoms with Crippen LogP contribution >= 0.6 is 15.9 Å². The van der Waals surface area contributed by atoms with E-state index in [-0.39, 0.29) is 12.5 Å². The van der Waals surface area contributed by atoms with Crippen LogP contribution in [0.15, 0.2) is 22.7 Å². The fourth-order valence-corrected chi connectivity index (χ4v) is 1.64. The summed E-state index contributed by atoms with van der Waals surface area (Å²) in [5.74, 6) is 0.814. The molecule has 4 nitrogen and oxygen atoms in total. The monoisotopic (exact) mass is 300 g/mol. The molecule has 0 aliphatic carbocycles. The first-order valence-electron chi connectivity index (χ1n) is 5.39. The van der Waals surface area contributed by atoms with Crippen molar-refractivity contribution in [3.63, 3.8) is 0 Å². The van der Waals surface area contributed by atoms with Crippen molar-refractivity contribution in [3.8, 4) is 5.75 Å². The number of nitrogens with one attached hydrogen (secondary N) is 1. The molecule has 0 aliphatic heterocycles. The second-order valence-electron chi connectivity index (χ2n) is 3.61. The summed E-state index contributed by atoms with van der Waals surface area (Å²) in [6.07, 6.45) is 0. The van der Waals surface area contributed by atoms with Gasteiger partial charge in [-0.3, -0.25) is 4.79 Å². The molecule has 1 aromatic rings. The van der Waals surface area contributed by atoms with Gasteiger partial charge in [0.2, 0.25) is 5.91 Å². The molecule has 0 heterocycles. The molecule has 1 rings (SSSR count). The molecule has 0 spiro atoms. The van der Waals surface area contributed by atoms with Gasteiger partial charge in [-0.15, -0.1) is 0 Å². The molecular weight excluding hydrogens is 284 g/mol. The fourth-order valence-electron chi connectivity index (χ4n) is 1.25. The largest absolute Gasteiger partial charge is 0.497 e. The summed E-state index contributed by atoms with van der Waals surface area (Å²) in [6, 6.07) is 5.59. The van der Waals surface area contributed by atoms with Crippen molar-refractivity contribution in [1.82, 2.24) is 4.90 Å². The van der Waals surface area contributed by atoms with E-state index in [4.69, 9.17) is 4.74 Å². The van der Waals surface area contributed by atoms with Gasteiger partial charge in [-0.05, 0) is 35.0 Å². The summed E-state index contributed by atoms with van der Waals surface area (Å²) in [4.78, 5) is 13.3. The molecule has 0 atom stereocenters. The lowest BCUT2D eigenvalue weighted by Gasteiger charge is -2.16. The Hall–Kier alpha value is -1.23. The van der Waals surface area contributed by atoms with Crippen molar-refractivity contribution < 1.29 is 9.53 Å². The summed E-state index contributed by atoms with van der Waals surface area (Å²) >= 11 is 3.42. The highest BCUT2D eigenvalue weighted by Gasteiger charge is 2.07. The van der Waals surface area contributed by atoms with Gasteiger partial charge in [0.15, 0.2) is 0 Å². The number of hydrogen-bond donors (Lipinski definition) is 1. The van der Waals surface area contributed by atoms with Crippen LogP contribution in [0.2, 0.25) is 0 Å². The van der Waals surface area contributed by atoms with Gasteiger partial charge in [-0.25, -0.2) is 0 Å². The summed E-state index contributed by atoms with van der Waals surface area (Å²) < 4.78 is 6.04. The molecule has 94 valence electrons. The molecule has 0 saturated heterocycles. The van der Waals surface area contributed by atoms with E-state index in [2.05, 4.69) is 21.2 Å². The lowest BCUT2D eigenvalue weighted by atomic mass is 10.3. The average molecular weight is 301 g/mol. The zero-order valence-corrected chi connectivity index (χ0v) is 11.9. The van der Waals surface area contributed by atoms with Crippen molar-refractivity contribution in [2.75, 3.05) is 32.6 Å². The van der Waals surface area contributed by atoms with E-state index in [1.807, 2.05) is 25.1 Å². The van der Waals surface area contributed by atoms with Gasteiger partial charge < -0.3 is 15.0 Å². The molecule has 1 amide bonds. The van der Waals surface area contributed by atoms with Gasteiger partial charge in [0.1, 0.15) is 5.75 Å². The number of carbonyl (C=O) groups is 1. The van der Waals surface area contributed by atoms with Gasteiger partial charge >= 0.3 is 0 Å². The SMILES string of the molecule is CCN(C)C(=O)CNc1cc(OC)ccc1Br. The Kier molecular flexibility index (Phi) is 5.28. The fraction of sp³-hybridized carbons (Fsp3) is 0.417. The second kappa shape index (κ2) is 6.49. The standard InChI is InChI=1S/C12H17BrN2O2/c1-4-15(2)12(16)8-14-11-7-9(17-3)5-6-10(11)13/h5-7,14H,4,8H2,1-3H3. The maximum Gasteiger partial charge on any atom is 0.241 e. The van der Waals surface area contributed by atoms with Crippen molar-refractivity contribution >= 4 is 27.5 Å². The minimum absolute atomic E-state index is 0.0576. The number of benzene rings is 1. The highest BCUT2D eigenvalue weighted by atomic mass is 79.9. The van der Waals surface area contributed by atoms with Gasteiger partial charge in [0, 0.05) is 24.1 Å². The Morgan fingerprint density at radius 2 is 2.24 bits per heavy atom. The smallest absolute Gasteiger partial charge is 0.241 e. The van der Waals surface area contributed by atoms with E-state index in [0.29, 0.717) is 6.54 Å². The third kappa shape index (κ3) is 3.93. The molecule has 0 radical (unpaired) electrons. The molecule has 0 aliphatic rings. The van der Waals surface area contributed by atoms with Gasteiger partial charge in [0.25, 0.3) is 0 Å². The minimum Gasteiger partial charge on any atom is -0.497 e. The quantitative estimate of drug-likeness (QED) is 0.907. The normalized spacial score (nSPS) is 9.88. The highest BCUT2D eigenvalue weighted by Crippen LogP contribution is 2.26. The lowest BCUT2D eigenvalue weighted by Crippen LogP contribution is -2.31. The number of nitrogens with zero attached hydrogens (tertiary/aromatic N) is 1. The Morgan fingerprint density at radius 3 is 2.82 bits per heavy atom. The number of hydrogen-bond acceptors (Lipinski definition) is 3. The second-order valence-corrected chi connectivity index (χ2v) is 4.46. The molecule has 5 heteroatoms. The maximum atomic E-state index is 11.6. The summed E-state index contributed by atoms with van der Waals surface area (Å²) in [5.41, 5.74) is 0.849. The topological polar surface area (TPSA) is 41.6 Å². The van der Waals surface area contributed by atoms with Crippen molar-refractivity contribution in [2.45, 2.75) is 6.92 Å². The molecule has 0 bridgehead atoms. The number of rotatable bonds is 5. The van der Waals surface area contributed by atoms with Crippen molar-refractivity contribution in [2.24, 2.45) is 0 Å². The summed E-state index contributed by atoms with van der Waals surface area (Å²) in [7, 11) is 3.40. The Morgan fingerprint density at radius 1 is 1.53 bits per heavy atom. The zero-order valence-electron chi connectivity index (χ0n) is 10.3. The predicted octanol–water partition coefficient (Wildman–Crippen LogP) is 2.35. The molecule has 17 heavy (non-hydrogen) atoms. The van der Waals surface area contributed by atoms with E-state index in [9.17, 15) is 4.79 Å². The van der Waals surface area contributed by atoms with Crippen LogP contribution in [0.25, 0.3) is 0 Å². The van der Waals surface area contributed by atoms with Crippen LogP contribution in [0.4, 0.5) is 5.69 Å². The van der Waals surface area contributed by atoms with E-state index in [1.54, 1.807) is 19.1 Å². The molecular formula is C12H17BrN2O2. The average Bonchev–Trinajstić information content (AvgIpc) is 2.36. The Bertz CT molecular complexity index is 396.